The maximum Gasteiger partial charge on any atom is 0.253 e. The summed E-state index contributed by atoms with van der Waals surface area (Å²) in [5, 5.41) is 0. The number of hydrogen-bond donors (Lipinski definition) is 2. The van der Waals surface area contributed by atoms with Gasteiger partial charge in [0.2, 0.25) is 0 Å². The van der Waals surface area contributed by atoms with Crippen LogP contribution in [-0.4, -0.2) is 30.4 Å². The molecule has 1 fully saturated rings. The summed E-state index contributed by atoms with van der Waals surface area (Å²) in [6.45, 7) is 0.715. The lowest BCUT2D eigenvalue weighted by Crippen LogP contribution is -2.32. The van der Waals surface area contributed by atoms with E-state index in [1.807, 2.05) is 37.4 Å². The highest BCUT2D eigenvalue weighted by Crippen LogP contribution is 2.24. The lowest BCUT2D eigenvalue weighted by Gasteiger charge is -2.18. The van der Waals surface area contributed by atoms with Gasteiger partial charge in [-0.2, -0.15) is 0 Å². The van der Waals surface area contributed by atoms with Gasteiger partial charge in [0.15, 0.2) is 0 Å². The molecule has 26 heavy (non-hydrogen) atoms. The molecule has 138 valence electrons. The first-order valence-corrected chi connectivity index (χ1v) is 9.88. The average Bonchev–Trinajstić information content (AvgIpc) is 3.10. The Labute approximate surface area is 167 Å². The largest absolute Gasteiger partial charge is 0.342 e. The third-order valence-corrected chi connectivity index (χ3v) is 5.37. The first-order valence-electron chi connectivity index (χ1n) is 8.80. The first-order chi connectivity index (χ1) is 12.5. The van der Waals surface area contributed by atoms with Crippen molar-refractivity contribution in [2.45, 2.75) is 31.3 Å². The van der Waals surface area contributed by atoms with E-state index in [0.29, 0.717) is 12.6 Å². The van der Waals surface area contributed by atoms with Crippen LogP contribution in [0.3, 0.4) is 0 Å². The van der Waals surface area contributed by atoms with Crippen molar-refractivity contribution in [1.29, 1.82) is 0 Å². The number of nitrogens with zero attached hydrogens (tertiary/aromatic N) is 1. The Bertz CT molecular complexity index is 770. The fourth-order valence-corrected chi connectivity index (χ4v) is 3.81. The van der Waals surface area contributed by atoms with E-state index in [2.05, 4.69) is 33.4 Å². The summed E-state index contributed by atoms with van der Waals surface area (Å²) in [7, 11) is 1.85. The van der Waals surface area contributed by atoms with Crippen molar-refractivity contribution in [3.63, 3.8) is 0 Å². The number of carbonyl (C=O) groups excluding carboxylic acids is 1. The van der Waals surface area contributed by atoms with Gasteiger partial charge in [-0.25, -0.2) is 4.39 Å². The van der Waals surface area contributed by atoms with Crippen LogP contribution in [-0.2, 0) is 0 Å². The summed E-state index contributed by atoms with van der Waals surface area (Å²) in [5.41, 5.74) is 8.23. The fraction of sp³-hybridized carbons (Fsp3) is 0.350. The monoisotopic (exact) mass is 467 g/mol. The van der Waals surface area contributed by atoms with E-state index in [1.165, 1.54) is 6.07 Å². The maximum atomic E-state index is 13.4. The van der Waals surface area contributed by atoms with E-state index in [0.717, 1.165) is 34.0 Å². The van der Waals surface area contributed by atoms with Crippen LogP contribution >= 0.6 is 22.6 Å². The predicted octanol–water partition coefficient (Wildman–Crippen LogP) is 3.89. The molecule has 2 N–H and O–H groups in total. The summed E-state index contributed by atoms with van der Waals surface area (Å²) in [5.74, 6) is -0.151. The van der Waals surface area contributed by atoms with Crippen LogP contribution in [0, 0.1) is 9.39 Å². The molecule has 2 aromatic carbocycles. The van der Waals surface area contributed by atoms with E-state index in [9.17, 15) is 9.18 Å². The molecule has 3 rings (SSSR count). The van der Waals surface area contributed by atoms with E-state index >= 15 is 0 Å². The SMILES string of the molecule is CN(CCCC1CC(c2cccc(F)c2)NN1)C(=O)c1cccc(I)c1. The maximum absolute atomic E-state index is 13.4. The summed E-state index contributed by atoms with van der Waals surface area (Å²) < 4.78 is 14.4. The Hall–Kier alpha value is -1.51. The highest BCUT2D eigenvalue weighted by Gasteiger charge is 2.25. The number of carbonyl (C=O) groups is 1. The zero-order valence-electron chi connectivity index (χ0n) is 14.7. The first kappa shape index (κ1) is 19.3. The molecule has 1 aliphatic heterocycles. The average molecular weight is 467 g/mol. The molecule has 0 aliphatic carbocycles. The second-order valence-corrected chi connectivity index (χ2v) is 7.95. The zero-order chi connectivity index (χ0) is 18.5. The smallest absolute Gasteiger partial charge is 0.253 e. The minimum absolute atomic E-state index is 0.0543. The number of halogens is 2. The number of amides is 1. The Kier molecular flexibility index (Phi) is 6.61. The molecule has 0 aromatic heterocycles. The van der Waals surface area contributed by atoms with Crippen molar-refractivity contribution in [1.82, 2.24) is 15.8 Å². The number of hydrazine groups is 1. The van der Waals surface area contributed by atoms with Crippen LogP contribution in [0.15, 0.2) is 48.5 Å². The highest BCUT2D eigenvalue weighted by atomic mass is 127. The minimum atomic E-state index is -0.205. The number of nitrogens with one attached hydrogen (secondary N) is 2. The number of benzene rings is 2. The Morgan fingerprint density at radius 3 is 2.81 bits per heavy atom. The molecule has 0 bridgehead atoms. The lowest BCUT2D eigenvalue weighted by atomic mass is 9.99. The Morgan fingerprint density at radius 2 is 2.04 bits per heavy atom. The van der Waals surface area contributed by atoms with Crippen LogP contribution in [0.5, 0.6) is 0 Å². The van der Waals surface area contributed by atoms with Gasteiger partial charge in [-0.3, -0.25) is 15.6 Å². The van der Waals surface area contributed by atoms with Crippen molar-refractivity contribution < 1.29 is 9.18 Å². The normalized spacial score (nSPS) is 19.5. The van der Waals surface area contributed by atoms with Gasteiger partial charge >= 0.3 is 0 Å². The second kappa shape index (κ2) is 8.92. The molecular weight excluding hydrogens is 444 g/mol. The van der Waals surface area contributed by atoms with E-state index in [-0.39, 0.29) is 17.8 Å². The topological polar surface area (TPSA) is 44.4 Å². The van der Waals surface area contributed by atoms with Crippen molar-refractivity contribution in [2.75, 3.05) is 13.6 Å². The molecule has 2 unspecified atom stereocenters. The van der Waals surface area contributed by atoms with Crippen LogP contribution < -0.4 is 10.9 Å². The lowest BCUT2D eigenvalue weighted by molar-refractivity contribution is 0.0791. The molecule has 4 nitrogen and oxygen atoms in total. The summed E-state index contributed by atoms with van der Waals surface area (Å²) >= 11 is 2.22. The van der Waals surface area contributed by atoms with Crippen LogP contribution in [0.4, 0.5) is 4.39 Å². The number of hydrogen-bond acceptors (Lipinski definition) is 3. The van der Waals surface area contributed by atoms with Gasteiger partial charge in [0.1, 0.15) is 5.82 Å². The molecule has 1 amide bonds. The summed E-state index contributed by atoms with van der Waals surface area (Å²) in [6, 6.07) is 14.8. The Balaban J connectivity index is 1.44. The molecule has 1 heterocycles. The van der Waals surface area contributed by atoms with Gasteiger partial charge in [-0.05, 0) is 77.7 Å². The predicted molar refractivity (Wildman–Crippen MR) is 109 cm³/mol. The third-order valence-electron chi connectivity index (χ3n) is 4.70. The van der Waals surface area contributed by atoms with Crippen LogP contribution in [0.25, 0.3) is 0 Å². The van der Waals surface area contributed by atoms with Crippen molar-refractivity contribution in [3.8, 4) is 0 Å². The standard InChI is InChI=1S/C20H23FIN3O/c1-25(20(26)15-6-3-8-17(22)12-15)10-4-9-18-13-19(24-23-18)14-5-2-7-16(21)11-14/h2-3,5-8,11-12,18-19,23-24H,4,9-10,13H2,1H3. The van der Waals surface area contributed by atoms with Gasteiger partial charge in [-0.15, -0.1) is 0 Å². The van der Waals surface area contributed by atoms with Crippen molar-refractivity contribution in [3.05, 3.63) is 69.0 Å². The van der Waals surface area contributed by atoms with Crippen molar-refractivity contribution in [2.24, 2.45) is 0 Å². The number of rotatable bonds is 6. The highest BCUT2D eigenvalue weighted by molar-refractivity contribution is 14.1. The van der Waals surface area contributed by atoms with Gasteiger partial charge < -0.3 is 4.90 Å². The molecule has 6 heteroatoms. The van der Waals surface area contributed by atoms with Crippen LogP contribution in [0.1, 0.15) is 41.2 Å². The Morgan fingerprint density at radius 1 is 1.23 bits per heavy atom. The van der Waals surface area contributed by atoms with Gasteiger partial charge in [-0.1, -0.05) is 18.2 Å². The molecule has 2 atom stereocenters. The fourth-order valence-electron chi connectivity index (χ4n) is 3.27. The molecule has 0 radical (unpaired) electrons. The molecular formula is C20H23FIN3O. The van der Waals surface area contributed by atoms with E-state index in [1.54, 1.807) is 17.0 Å². The van der Waals surface area contributed by atoms with Crippen molar-refractivity contribution >= 4 is 28.5 Å². The van der Waals surface area contributed by atoms with Gasteiger partial charge in [0.25, 0.3) is 5.91 Å². The quantitative estimate of drug-likeness (QED) is 0.634. The zero-order valence-corrected chi connectivity index (χ0v) is 16.9. The van der Waals surface area contributed by atoms with Gasteiger partial charge in [0.05, 0.1) is 0 Å². The van der Waals surface area contributed by atoms with Crippen LogP contribution in [0.2, 0.25) is 0 Å². The van der Waals surface area contributed by atoms with E-state index in [4.69, 9.17) is 0 Å². The molecule has 0 saturated carbocycles. The molecule has 2 aromatic rings. The second-order valence-electron chi connectivity index (χ2n) is 6.71. The minimum Gasteiger partial charge on any atom is -0.342 e. The molecule has 1 saturated heterocycles. The van der Waals surface area contributed by atoms with Gasteiger partial charge in [0, 0.05) is 34.8 Å². The molecule has 1 aliphatic rings. The summed E-state index contributed by atoms with van der Waals surface area (Å²) in [4.78, 5) is 14.2. The van der Waals surface area contributed by atoms with E-state index < -0.39 is 0 Å². The summed E-state index contributed by atoms with van der Waals surface area (Å²) in [6.07, 6.45) is 2.79. The molecule has 0 spiro atoms. The third kappa shape index (κ3) is 5.02.